The Bertz CT molecular complexity index is 642. The first-order valence-corrected chi connectivity index (χ1v) is 8.57. The molecule has 4 nitrogen and oxygen atoms in total. The van der Waals surface area contributed by atoms with Crippen molar-refractivity contribution in [1.29, 1.82) is 0 Å². The third-order valence-corrected chi connectivity index (χ3v) is 5.06. The van der Waals surface area contributed by atoms with E-state index in [4.69, 9.17) is 17.4 Å². The molecule has 3 N–H and O–H groups in total. The Morgan fingerprint density at radius 2 is 2.14 bits per heavy atom. The molecule has 1 unspecified atom stereocenters. The lowest BCUT2D eigenvalue weighted by molar-refractivity contribution is 0.515. The van der Waals surface area contributed by atoms with Gasteiger partial charge in [-0.1, -0.05) is 49.5 Å². The highest BCUT2D eigenvalue weighted by Crippen LogP contribution is 2.31. The van der Waals surface area contributed by atoms with E-state index in [1.165, 1.54) is 0 Å². The summed E-state index contributed by atoms with van der Waals surface area (Å²) in [4.78, 5) is 0. The molecule has 2 rings (SSSR count). The van der Waals surface area contributed by atoms with Crippen molar-refractivity contribution < 1.29 is 0 Å². The van der Waals surface area contributed by atoms with E-state index >= 15 is 0 Å². The summed E-state index contributed by atoms with van der Waals surface area (Å²) in [6, 6.07) is 5.98. The summed E-state index contributed by atoms with van der Waals surface area (Å²) in [6.45, 7) is 4.74. The lowest BCUT2D eigenvalue weighted by Crippen LogP contribution is -2.30. The molecule has 0 radical (unpaired) electrons. The van der Waals surface area contributed by atoms with Crippen molar-refractivity contribution in [3.8, 4) is 0 Å². The van der Waals surface area contributed by atoms with Gasteiger partial charge in [-0.15, -0.1) is 0 Å². The molecule has 0 amide bonds. The van der Waals surface area contributed by atoms with E-state index in [2.05, 4.69) is 42.4 Å². The molecule has 0 spiro atoms. The van der Waals surface area contributed by atoms with Gasteiger partial charge in [-0.3, -0.25) is 16.0 Å². The van der Waals surface area contributed by atoms with Gasteiger partial charge in [0.25, 0.3) is 0 Å². The first-order valence-electron chi connectivity index (χ1n) is 6.60. The summed E-state index contributed by atoms with van der Waals surface area (Å²) in [5, 5.41) is 5.16. The molecular weight excluding hydrogens is 419 g/mol. The molecule has 0 aliphatic heterocycles. The zero-order valence-corrected chi connectivity index (χ0v) is 15.8. The van der Waals surface area contributed by atoms with E-state index in [-0.39, 0.29) is 6.04 Å². The van der Waals surface area contributed by atoms with Crippen LogP contribution in [0, 0.1) is 6.92 Å². The highest BCUT2D eigenvalue weighted by atomic mass is 79.9. The second kappa shape index (κ2) is 7.24. The Balaban J connectivity index is 2.35. The number of hydrazine groups is 1. The molecule has 2 aromatic rings. The van der Waals surface area contributed by atoms with Gasteiger partial charge < -0.3 is 0 Å². The van der Waals surface area contributed by atoms with Crippen LogP contribution in [0.4, 0.5) is 0 Å². The van der Waals surface area contributed by atoms with Gasteiger partial charge in [-0.05, 0) is 31.5 Å². The van der Waals surface area contributed by atoms with Gasteiger partial charge in [0.2, 0.25) is 0 Å². The molecule has 0 aliphatic rings. The van der Waals surface area contributed by atoms with Crippen LogP contribution in [0.15, 0.2) is 27.1 Å². The molecule has 114 valence electrons. The zero-order valence-electron chi connectivity index (χ0n) is 11.8. The van der Waals surface area contributed by atoms with E-state index in [9.17, 15) is 0 Å². The largest absolute Gasteiger partial charge is 0.271 e. The van der Waals surface area contributed by atoms with Crippen LogP contribution >= 0.6 is 43.5 Å². The summed E-state index contributed by atoms with van der Waals surface area (Å²) < 4.78 is 3.94. The molecule has 0 aliphatic carbocycles. The van der Waals surface area contributed by atoms with Crippen LogP contribution in [0.3, 0.4) is 0 Å². The van der Waals surface area contributed by atoms with Crippen LogP contribution in [-0.2, 0) is 13.0 Å². The number of hydrogen-bond donors (Lipinski definition) is 2. The summed E-state index contributed by atoms with van der Waals surface area (Å²) >= 11 is 13.4. The minimum atomic E-state index is -0.0497. The summed E-state index contributed by atoms with van der Waals surface area (Å²) in [5.74, 6) is 5.75. The second-order valence-electron chi connectivity index (χ2n) is 4.75. The van der Waals surface area contributed by atoms with E-state index in [1.807, 2.05) is 36.7 Å². The fraction of sp³-hybridized carbons (Fsp3) is 0.357. The van der Waals surface area contributed by atoms with Gasteiger partial charge in [0, 0.05) is 21.9 Å². The normalized spacial score (nSPS) is 12.7. The number of nitrogens with two attached hydrogens (primary N) is 1. The van der Waals surface area contributed by atoms with Crippen molar-refractivity contribution in [3.05, 3.63) is 49.1 Å². The fourth-order valence-corrected chi connectivity index (χ4v) is 3.84. The fourth-order valence-electron chi connectivity index (χ4n) is 2.30. The molecule has 0 saturated carbocycles. The van der Waals surface area contributed by atoms with E-state index in [1.54, 1.807) is 0 Å². The van der Waals surface area contributed by atoms with Crippen molar-refractivity contribution in [2.75, 3.05) is 0 Å². The van der Waals surface area contributed by atoms with Crippen molar-refractivity contribution in [2.24, 2.45) is 5.84 Å². The smallest absolute Gasteiger partial charge is 0.0847 e. The van der Waals surface area contributed by atoms with Gasteiger partial charge in [-0.2, -0.15) is 5.10 Å². The first-order chi connectivity index (χ1) is 9.97. The Labute approximate surface area is 146 Å². The predicted molar refractivity (Wildman–Crippen MR) is 93.3 cm³/mol. The average molecular weight is 437 g/mol. The van der Waals surface area contributed by atoms with E-state index < -0.39 is 0 Å². The Kier molecular flexibility index (Phi) is 5.85. The molecule has 1 atom stereocenters. The summed E-state index contributed by atoms with van der Waals surface area (Å²) in [5.41, 5.74) is 5.79. The maximum atomic E-state index is 6.38. The molecule has 0 fully saturated rings. The number of nitrogens with zero attached hydrogens (tertiary/aromatic N) is 2. The number of nitrogens with one attached hydrogen (secondary N) is 1. The van der Waals surface area contributed by atoms with E-state index in [0.29, 0.717) is 11.4 Å². The molecule has 1 aromatic heterocycles. The van der Waals surface area contributed by atoms with Crippen LogP contribution < -0.4 is 11.3 Å². The molecule has 1 heterocycles. The van der Waals surface area contributed by atoms with Gasteiger partial charge in [0.05, 0.1) is 22.5 Å². The lowest BCUT2D eigenvalue weighted by Gasteiger charge is -2.19. The number of hydrogen-bond acceptors (Lipinski definition) is 3. The van der Waals surface area contributed by atoms with Gasteiger partial charge in [0.15, 0.2) is 0 Å². The quantitative estimate of drug-likeness (QED) is 0.547. The van der Waals surface area contributed by atoms with Crippen LogP contribution in [0.1, 0.15) is 29.9 Å². The lowest BCUT2D eigenvalue weighted by atomic mass is 10.0. The number of halogens is 3. The number of rotatable bonds is 5. The predicted octanol–water partition coefficient (Wildman–Crippen LogP) is 4.14. The maximum absolute atomic E-state index is 6.38. The Morgan fingerprint density at radius 3 is 2.71 bits per heavy atom. The first kappa shape index (κ1) is 17.0. The van der Waals surface area contributed by atoms with Gasteiger partial charge in [0.1, 0.15) is 0 Å². The van der Waals surface area contributed by atoms with Crippen molar-refractivity contribution >= 4 is 43.5 Å². The third kappa shape index (κ3) is 3.68. The SMILES string of the molecule is CCn1nc(C)c(Cl)c1CC(NN)c1ccc(Br)cc1Br. The minimum absolute atomic E-state index is 0.0497. The molecule has 0 bridgehead atoms. The van der Waals surface area contributed by atoms with Crippen LogP contribution in [-0.4, -0.2) is 9.78 Å². The highest BCUT2D eigenvalue weighted by molar-refractivity contribution is 9.11. The number of aryl methyl sites for hydroxylation is 2. The van der Waals surface area contributed by atoms with Crippen LogP contribution in [0.2, 0.25) is 5.02 Å². The standard InChI is InChI=1S/C14H17Br2ClN4/c1-3-21-13(14(17)8(2)20-21)7-12(19-18)10-5-4-9(15)6-11(10)16/h4-6,12,19H,3,7,18H2,1-2H3. The van der Waals surface area contributed by atoms with Crippen molar-refractivity contribution in [3.63, 3.8) is 0 Å². The second-order valence-corrected chi connectivity index (χ2v) is 6.90. The summed E-state index contributed by atoms with van der Waals surface area (Å²) in [6.07, 6.45) is 0.671. The molecule has 0 saturated heterocycles. The third-order valence-electron chi connectivity index (χ3n) is 3.39. The van der Waals surface area contributed by atoms with Crippen LogP contribution in [0.5, 0.6) is 0 Å². The molecule has 21 heavy (non-hydrogen) atoms. The number of aromatic nitrogens is 2. The highest BCUT2D eigenvalue weighted by Gasteiger charge is 2.20. The van der Waals surface area contributed by atoms with Gasteiger partial charge >= 0.3 is 0 Å². The average Bonchev–Trinajstić information content (AvgIpc) is 2.72. The van der Waals surface area contributed by atoms with Gasteiger partial charge in [-0.25, -0.2) is 0 Å². The minimum Gasteiger partial charge on any atom is -0.271 e. The van der Waals surface area contributed by atoms with Crippen LogP contribution in [0.25, 0.3) is 0 Å². The zero-order chi connectivity index (χ0) is 15.6. The Hall–Kier alpha value is -0.400. The number of benzene rings is 1. The monoisotopic (exact) mass is 434 g/mol. The van der Waals surface area contributed by atoms with Crippen molar-refractivity contribution in [2.45, 2.75) is 32.9 Å². The summed E-state index contributed by atoms with van der Waals surface area (Å²) in [7, 11) is 0. The van der Waals surface area contributed by atoms with Crippen molar-refractivity contribution in [1.82, 2.24) is 15.2 Å². The Morgan fingerprint density at radius 1 is 1.43 bits per heavy atom. The molecular formula is C14H17Br2ClN4. The molecule has 1 aromatic carbocycles. The van der Waals surface area contributed by atoms with E-state index in [0.717, 1.165) is 32.4 Å². The maximum Gasteiger partial charge on any atom is 0.0847 e. The molecule has 7 heteroatoms. The topological polar surface area (TPSA) is 55.9 Å².